The van der Waals surface area contributed by atoms with Crippen LogP contribution in [-0.4, -0.2) is 23.1 Å². The minimum atomic E-state index is -3.67. The molecule has 0 bridgehead atoms. The van der Waals surface area contributed by atoms with Gasteiger partial charge in [-0.25, -0.2) is 0 Å². The molecule has 23 heavy (non-hydrogen) atoms. The number of rotatable bonds is 2. The minimum absolute atomic E-state index is 0.0236. The van der Waals surface area contributed by atoms with Gasteiger partial charge in [0, 0.05) is 23.0 Å². The molecule has 0 fully saturated rings. The molecule has 0 spiro atoms. The van der Waals surface area contributed by atoms with E-state index in [9.17, 15) is 13.9 Å². The van der Waals surface area contributed by atoms with Crippen LogP contribution in [0.15, 0.2) is 42.6 Å². The molecule has 2 aromatic carbocycles. The molecule has 1 N–H and O–H groups in total. The molecule has 3 aromatic rings. The number of benzene rings is 2. The van der Waals surface area contributed by atoms with Crippen molar-refractivity contribution in [3.63, 3.8) is 0 Å². The lowest BCUT2D eigenvalue weighted by Crippen LogP contribution is -2.25. The van der Waals surface area contributed by atoms with E-state index in [0.29, 0.717) is 16.8 Å². The van der Waals surface area contributed by atoms with Crippen molar-refractivity contribution >= 4 is 10.8 Å². The van der Waals surface area contributed by atoms with Crippen LogP contribution in [0.5, 0.6) is 23.1 Å². The van der Waals surface area contributed by atoms with Crippen LogP contribution in [0.25, 0.3) is 16.5 Å². The highest BCUT2D eigenvalue weighted by molar-refractivity contribution is 5.90. The van der Waals surface area contributed by atoms with E-state index in [0.717, 1.165) is 5.39 Å². The van der Waals surface area contributed by atoms with Crippen molar-refractivity contribution in [1.82, 2.24) is 4.57 Å². The van der Waals surface area contributed by atoms with Gasteiger partial charge in [0.25, 0.3) is 0 Å². The minimum Gasteiger partial charge on any atom is -0.497 e. The fraction of sp³-hybridized carbons (Fsp3) is 0.125. The van der Waals surface area contributed by atoms with Crippen molar-refractivity contribution in [2.75, 3.05) is 7.11 Å². The van der Waals surface area contributed by atoms with Crippen LogP contribution in [0.3, 0.4) is 0 Å². The molecule has 1 aliphatic rings. The lowest BCUT2D eigenvalue weighted by molar-refractivity contribution is -0.286. The van der Waals surface area contributed by atoms with Gasteiger partial charge in [-0.05, 0) is 30.3 Å². The van der Waals surface area contributed by atoms with Gasteiger partial charge in [0.15, 0.2) is 11.5 Å². The van der Waals surface area contributed by atoms with Crippen molar-refractivity contribution in [2.24, 2.45) is 0 Å². The second-order valence-electron chi connectivity index (χ2n) is 5.07. The molecular weight excluding hydrogens is 308 g/mol. The van der Waals surface area contributed by atoms with Crippen LogP contribution < -0.4 is 14.2 Å². The van der Waals surface area contributed by atoms with E-state index in [1.54, 1.807) is 30.5 Å². The van der Waals surface area contributed by atoms with Crippen molar-refractivity contribution in [1.29, 1.82) is 0 Å². The van der Waals surface area contributed by atoms with Crippen LogP contribution in [0.1, 0.15) is 0 Å². The topological polar surface area (TPSA) is 52.9 Å². The van der Waals surface area contributed by atoms with Crippen molar-refractivity contribution in [2.45, 2.75) is 6.29 Å². The maximum atomic E-state index is 13.1. The van der Waals surface area contributed by atoms with Gasteiger partial charge in [0.05, 0.1) is 12.8 Å². The highest BCUT2D eigenvalue weighted by atomic mass is 19.3. The van der Waals surface area contributed by atoms with E-state index < -0.39 is 6.29 Å². The highest BCUT2D eigenvalue weighted by Gasteiger charge is 2.43. The summed E-state index contributed by atoms with van der Waals surface area (Å²) in [5.74, 6) is 0.458. The number of ether oxygens (including phenoxy) is 3. The van der Waals surface area contributed by atoms with Crippen LogP contribution in [0.4, 0.5) is 8.78 Å². The zero-order chi connectivity index (χ0) is 16.2. The van der Waals surface area contributed by atoms with Crippen molar-refractivity contribution in [3.8, 4) is 28.8 Å². The standard InChI is InChI=1S/C16H11F2NO4/c1-21-11-4-2-9-8-19(15(20)12(9)7-11)10-3-5-13-14(6-10)23-16(17,18)22-13/h2-8,20H,1H3. The molecule has 0 unspecified atom stereocenters. The van der Waals surface area contributed by atoms with Gasteiger partial charge in [0.1, 0.15) is 5.75 Å². The first kappa shape index (κ1) is 13.7. The summed E-state index contributed by atoms with van der Waals surface area (Å²) in [5.41, 5.74) is 0.470. The molecule has 4 rings (SSSR count). The van der Waals surface area contributed by atoms with E-state index in [2.05, 4.69) is 9.47 Å². The van der Waals surface area contributed by atoms with Gasteiger partial charge in [-0.3, -0.25) is 4.57 Å². The SMILES string of the molecule is COc1ccc2cn(-c3ccc4c(c3)OC(F)(F)O4)c(O)c2c1. The van der Waals surface area contributed by atoms with Gasteiger partial charge in [-0.1, -0.05) is 0 Å². The van der Waals surface area contributed by atoms with Crippen molar-refractivity contribution in [3.05, 3.63) is 42.6 Å². The maximum absolute atomic E-state index is 13.1. The average molecular weight is 319 g/mol. The Kier molecular flexibility index (Phi) is 2.69. The van der Waals surface area contributed by atoms with Gasteiger partial charge in [-0.2, -0.15) is 0 Å². The number of hydrogen-bond acceptors (Lipinski definition) is 4. The Balaban J connectivity index is 1.83. The monoisotopic (exact) mass is 319 g/mol. The molecule has 0 saturated carbocycles. The molecule has 1 aromatic heterocycles. The first-order valence-corrected chi connectivity index (χ1v) is 6.75. The van der Waals surface area contributed by atoms with Crippen LogP contribution in [-0.2, 0) is 0 Å². The van der Waals surface area contributed by atoms with E-state index in [1.807, 2.05) is 0 Å². The summed E-state index contributed by atoms with van der Waals surface area (Å²) >= 11 is 0. The van der Waals surface area contributed by atoms with E-state index in [1.165, 1.54) is 23.8 Å². The van der Waals surface area contributed by atoms with Gasteiger partial charge < -0.3 is 19.3 Å². The highest BCUT2D eigenvalue weighted by Crippen LogP contribution is 2.43. The quantitative estimate of drug-likeness (QED) is 0.783. The Hall–Kier alpha value is -2.96. The van der Waals surface area contributed by atoms with Crippen LogP contribution >= 0.6 is 0 Å². The van der Waals surface area contributed by atoms with Gasteiger partial charge in [0.2, 0.25) is 5.88 Å². The zero-order valence-electron chi connectivity index (χ0n) is 11.9. The first-order chi connectivity index (χ1) is 11.0. The Morgan fingerprint density at radius 2 is 1.87 bits per heavy atom. The fourth-order valence-corrected chi connectivity index (χ4v) is 2.58. The maximum Gasteiger partial charge on any atom is 0.586 e. The summed E-state index contributed by atoms with van der Waals surface area (Å²) in [6.07, 6.45) is -1.97. The number of alkyl halides is 2. The summed E-state index contributed by atoms with van der Waals surface area (Å²) in [5, 5.41) is 11.8. The number of methoxy groups -OCH3 is 1. The molecule has 5 nitrogen and oxygen atoms in total. The second-order valence-corrected chi connectivity index (χ2v) is 5.07. The Morgan fingerprint density at radius 3 is 2.65 bits per heavy atom. The molecule has 0 saturated heterocycles. The number of aromatic hydroxyl groups is 1. The summed E-state index contributed by atoms with van der Waals surface area (Å²) in [7, 11) is 1.53. The second kappa shape index (κ2) is 4.52. The van der Waals surface area contributed by atoms with E-state index >= 15 is 0 Å². The summed E-state index contributed by atoms with van der Waals surface area (Å²) in [6.45, 7) is 0. The third-order valence-corrected chi connectivity index (χ3v) is 3.66. The third-order valence-electron chi connectivity index (χ3n) is 3.66. The van der Waals surface area contributed by atoms with E-state index in [4.69, 9.17) is 4.74 Å². The fourth-order valence-electron chi connectivity index (χ4n) is 2.58. The molecule has 2 heterocycles. The van der Waals surface area contributed by atoms with Gasteiger partial charge in [-0.15, -0.1) is 8.78 Å². The third kappa shape index (κ3) is 2.12. The zero-order valence-corrected chi connectivity index (χ0v) is 11.9. The molecule has 0 amide bonds. The normalized spacial score (nSPS) is 15.1. The molecule has 7 heteroatoms. The molecule has 0 radical (unpaired) electrons. The average Bonchev–Trinajstić information content (AvgIpc) is 3.01. The molecule has 0 atom stereocenters. The predicted octanol–water partition coefficient (Wildman–Crippen LogP) is 3.67. The molecular formula is C16H11F2NO4. The molecule has 118 valence electrons. The van der Waals surface area contributed by atoms with Crippen LogP contribution in [0.2, 0.25) is 0 Å². The lowest BCUT2D eigenvalue weighted by atomic mass is 10.2. The first-order valence-electron chi connectivity index (χ1n) is 6.75. The predicted molar refractivity (Wildman–Crippen MR) is 77.7 cm³/mol. The smallest absolute Gasteiger partial charge is 0.497 e. The lowest BCUT2D eigenvalue weighted by Gasteiger charge is -2.06. The number of nitrogens with zero attached hydrogens (tertiary/aromatic N) is 1. The van der Waals surface area contributed by atoms with Crippen molar-refractivity contribution < 1.29 is 28.1 Å². The summed E-state index contributed by atoms with van der Waals surface area (Å²) in [6, 6.07) is 9.57. The number of fused-ring (bicyclic) bond motifs is 2. The molecule has 1 aliphatic heterocycles. The summed E-state index contributed by atoms with van der Waals surface area (Å²) < 4.78 is 41.6. The van der Waals surface area contributed by atoms with Gasteiger partial charge >= 0.3 is 6.29 Å². The Morgan fingerprint density at radius 1 is 1.09 bits per heavy atom. The summed E-state index contributed by atoms with van der Waals surface area (Å²) in [4.78, 5) is 0. The number of halogens is 2. The Bertz CT molecular complexity index is 920. The number of aromatic nitrogens is 1. The number of hydrogen-bond donors (Lipinski definition) is 1. The van der Waals surface area contributed by atoms with Crippen LogP contribution in [0, 0.1) is 0 Å². The molecule has 0 aliphatic carbocycles. The largest absolute Gasteiger partial charge is 0.586 e. The van der Waals surface area contributed by atoms with E-state index in [-0.39, 0.29) is 17.4 Å². The Labute approximate surface area is 129 Å².